The largest absolute Gasteiger partial charge is 0.449 e. The van der Waals surface area contributed by atoms with Crippen molar-refractivity contribution in [2.75, 3.05) is 0 Å². The molecule has 1 aromatic carbocycles. The number of aromatic nitrogens is 2. The van der Waals surface area contributed by atoms with Gasteiger partial charge in [0.25, 0.3) is 0 Å². The molecule has 1 aromatic heterocycles. The SMILES string of the molecule is Cc1cc2c(cc1Cl)nc(C(F)(F)F)n2CCl. The van der Waals surface area contributed by atoms with Crippen LogP contribution in [0.3, 0.4) is 0 Å². The number of fused-ring (bicyclic) bond motifs is 1. The Morgan fingerprint density at radius 1 is 1.35 bits per heavy atom. The van der Waals surface area contributed by atoms with Crippen LogP contribution in [0.4, 0.5) is 13.2 Å². The fourth-order valence-electron chi connectivity index (χ4n) is 1.59. The second-order valence-corrected chi connectivity index (χ2v) is 4.22. The molecule has 0 spiro atoms. The molecule has 0 saturated heterocycles. The van der Waals surface area contributed by atoms with Crippen LogP contribution in [0.15, 0.2) is 12.1 Å². The van der Waals surface area contributed by atoms with Crippen LogP contribution < -0.4 is 0 Å². The van der Waals surface area contributed by atoms with Gasteiger partial charge in [0.15, 0.2) is 0 Å². The van der Waals surface area contributed by atoms with Crippen molar-refractivity contribution in [2.24, 2.45) is 0 Å². The fraction of sp³-hybridized carbons (Fsp3) is 0.300. The zero-order valence-electron chi connectivity index (χ0n) is 8.65. The average molecular weight is 283 g/mol. The van der Waals surface area contributed by atoms with Gasteiger partial charge in [-0.1, -0.05) is 11.6 Å². The molecule has 7 heteroatoms. The van der Waals surface area contributed by atoms with Crippen LogP contribution in [-0.2, 0) is 12.2 Å². The van der Waals surface area contributed by atoms with E-state index in [1.807, 2.05) is 0 Å². The first-order chi connectivity index (χ1) is 7.84. The molecule has 0 aliphatic rings. The van der Waals surface area contributed by atoms with Crippen LogP contribution in [0, 0.1) is 6.92 Å². The van der Waals surface area contributed by atoms with E-state index in [0.717, 1.165) is 4.57 Å². The Labute approximate surface area is 105 Å². The van der Waals surface area contributed by atoms with Gasteiger partial charge in [-0.05, 0) is 24.6 Å². The third kappa shape index (κ3) is 2.09. The zero-order chi connectivity index (χ0) is 12.8. The van der Waals surface area contributed by atoms with E-state index in [2.05, 4.69) is 4.98 Å². The summed E-state index contributed by atoms with van der Waals surface area (Å²) in [6, 6.07) is 2.64. The number of benzene rings is 1. The molecule has 0 unspecified atom stereocenters. The fourth-order valence-corrected chi connectivity index (χ4v) is 1.99. The topological polar surface area (TPSA) is 17.8 Å². The van der Waals surface area contributed by atoms with E-state index < -0.39 is 12.0 Å². The lowest BCUT2D eigenvalue weighted by Crippen LogP contribution is -2.13. The molecule has 1 heterocycles. The van der Waals surface area contributed by atoms with Crippen molar-refractivity contribution in [1.29, 1.82) is 0 Å². The van der Waals surface area contributed by atoms with Crippen LogP contribution >= 0.6 is 23.2 Å². The van der Waals surface area contributed by atoms with Crippen molar-refractivity contribution in [3.8, 4) is 0 Å². The minimum absolute atomic E-state index is 0.188. The number of aryl methyl sites for hydroxylation is 1. The van der Waals surface area contributed by atoms with Gasteiger partial charge in [0.05, 0.1) is 17.0 Å². The predicted molar refractivity (Wildman–Crippen MR) is 60.3 cm³/mol. The van der Waals surface area contributed by atoms with Gasteiger partial charge < -0.3 is 4.57 Å². The summed E-state index contributed by atoms with van der Waals surface area (Å²) in [4.78, 5) is 3.53. The Bertz CT molecular complexity index is 575. The minimum Gasteiger partial charge on any atom is -0.306 e. The Hall–Kier alpha value is -0.940. The highest BCUT2D eigenvalue weighted by molar-refractivity contribution is 6.32. The molecule has 0 bridgehead atoms. The molecule has 0 fully saturated rings. The molecule has 0 radical (unpaired) electrons. The van der Waals surface area contributed by atoms with E-state index in [-0.39, 0.29) is 11.5 Å². The summed E-state index contributed by atoms with van der Waals surface area (Å²) in [5.74, 6) is -1.01. The van der Waals surface area contributed by atoms with E-state index in [1.54, 1.807) is 13.0 Å². The maximum Gasteiger partial charge on any atom is 0.449 e. The molecule has 0 atom stereocenters. The molecule has 0 aliphatic heterocycles. The van der Waals surface area contributed by atoms with Crippen molar-refractivity contribution >= 4 is 34.2 Å². The standard InChI is InChI=1S/C10H7Cl2F3N2/c1-5-2-8-7(3-6(5)12)16-9(10(13,14)15)17(8)4-11/h2-3H,4H2,1H3. The summed E-state index contributed by atoms with van der Waals surface area (Å²) in [6.45, 7) is 1.71. The van der Waals surface area contributed by atoms with Gasteiger partial charge >= 0.3 is 6.18 Å². The second-order valence-electron chi connectivity index (χ2n) is 3.57. The quantitative estimate of drug-likeness (QED) is 0.717. The monoisotopic (exact) mass is 282 g/mol. The van der Waals surface area contributed by atoms with Crippen LogP contribution in [0.5, 0.6) is 0 Å². The molecule has 17 heavy (non-hydrogen) atoms. The maximum atomic E-state index is 12.7. The van der Waals surface area contributed by atoms with Crippen LogP contribution in [-0.4, -0.2) is 9.55 Å². The summed E-state index contributed by atoms with van der Waals surface area (Å²) in [5.41, 5.74) is 1.20. The number of rotatable bonds is 1. The number of alkyl halides is 4. The lowest BCUT2D eigenvalue weighted by molar-refractivity contribution is -0.146. The van der Waals surface area contributed by atoms with Gasteiger partial charge in [-0.25, -0.2) is 4.98 Å². The maximum absolute atomic E-state index is 12.7. The lowest BCUT2D eigenvalue weighted by Gasteiger charge is -2.07. The van der Waals surface area contributed by atoms with Gasteiger partial charge in [0.1, 0.15) is 0 Å². The third-order valence-corrected chi connectivity index (χ3v) is 3.05. The molecule has 92 valence electrons. The van der Waals surface area contributed by atoms with Crippen molar-refractivity contribution in [1.82, 2.24) is 9.55 Å². The summed E-state index contributed by atoms with van der Waals surface area (Å²) >= 11 is 11.4. The molecular formula is C10H7Cl2F3N2. The first kappa shape index (κ1) is 12.5. The lowest BCUT2D eigenvalue weighted by atomic mass is 10.2. The number of hydrogen-bond acceptors (Lipinski definition) is 1. The van der Waals surface area contributed by atoms with Crippen molar-refractivity contribution in [3.63, 3.8) is 0 Å². The molecule has 0 aliphatic carbocycles. The van der Waals surface area contributed by atoms with E-state index in [0.29, 0.717) is 16.1 Å². The van der Waals surface area contributed by atoms with Crippen molar-refractivity contribution in [3.05, 3.63) is 28.5 Å². The number of nitrogens with zero attached hydrogens (tertiary/aromatic N) is 2. The Balaban J connectivity index is 2.80. The zero-order valence-corrected chi connectivity index (χ0v) is 10.2. The number of imidazole rings is 1. The van der Waals surface area contributed by atoms with Gasteiger partial charge in [-0.2, -0.15) is 13.2 Å². The highest BCUT2D eigenvalue weighted by Gasteiger charge is 2.37. The molecule has 0 amide bonds. The smallest absolute Gasteiger partial charge is 0.306 e. The number of halogens is 5. The van der Waals surface area contributed by atoms with Gasteiger partial charge in [0.2, 0.25) is 5.82 Å². The molecule has 2 aromatic rings. The molecule has 2 nitrogen and oxygen atoms in total. The number of hydrogen-bond donors (Lipinski definition) is 0. The first-order valence-corrected chi connectivity index (χ1v) is 5.55. The van der Waals surface area contributed by atoms with Gasteiger partial charge in [-0.3, -0.25) is 0 Å². The normalized spacial score (nSPS) is 12.4. The summed E-state index contributed by atoms with van der Waals surface area (Å²) in [5, 5.41) is 0.380. The Morgan fingerprint density at radius 3 is 2.53 bits per heavy atom. The van der Waals surface area contributed by atoms with Crippen LogP contribution in [0.2, 0.25) is 5.02 Å². The average Bonchev–Trinajstić information content (AvgIpc) is 2.56. The minimum atomic E-state index is -4.53. The summed E-state index contributed by atoms with van der Waals surface area (Å²) in [6.07, 6.45) is -4.53. The Morgan fingerprint density at radius 2 is 2.00 bits per heavy atom. The van der Waals surface area contributed by atoms with Crippen LogP contribution in [0.1, 0.15) is 11.4 Å². The summed E-state index contributed by atoms with van der Waals surface area (Å²) in [7, 11) is 0. The van der Waals surface area contributed by atoms with E-state index in [4.69, 9.17) is 23.2 Å². The van der Waals surface area contributed by atoms with Crippen molar-refractivity contribution < 1.29 is 13.2 Å². The molecule has 0 N–H and O–H groups in total. The molecule has 0 saturated carbocycles. The van der Waals surface area contributed by atoms with E-state index in [1.165, 1.54) is 6.07 Å². The second kappa shape index (κ2) is 4.07. The van der Waals surface area contributed by atoms with Gasteiger partial charge in [0, 0.05) is 5.02 Å². The predicted octanol–water partition coefficient (Wildman–Crippen LogP) is 4.21. The Kier molecular flexibility index (Phi) is 2.99. The van der Waals surface area contributed by atoms with Crippen molar-refractivity contribution in [2.45, 2.75) is 19.1 Å². The van der Waals surface area contributed by atoms with E-state index in [9.17, 15) is 13.2 Å². The molecular weight excluding hydrogens is 276 g/mol. The van der Waals surface area contributed by atoms with Crippen LogP contribution in [0.25, 0.3) is 11.0 Å². The summed E-state index contributed by atoms with van der Waals surface area (Å²) < 4.78 is 39.0. The highest BCUT2D eigenvalue weighted by atomic mass is 35.5. The highest BCUT2D eigenvalue weighted by Crippen LogP contribution is 2.33. The van der Waals surface area contributed by atoms with E-state index >= 15 is 0 Å². The first-order valence-electron chi connectivity index (χ1n) is 4.64. The third-order valence-electron chi connectivity index (χ3n) is 2.40. The molecule has 2 rings (SSSR count). The van der Waals surface area contributed by atoms with Gasteiger partial charge in [-0.15, -0.1) is 11.6 Å².